The third-order valence-corrected chi connectivity index (χ3v) is 9.40. The summed E-state index contributed by atoms with van der Waals surface area (Å²) in [5, 5.41) is 8.55. The van der Waals surface area contributed by atoms with Crippen molar-refractivity contribution in [2.45, 2.75) is 51.6 Å². The molecule has 2 aliphatic heterocycles. The van der Waals surface area contributed by atoms with Crippen molar-refractivity contribution in [2.75, 3.05) is 26.2 Å². The number of hydrogen-bond donors (Lipinski definition) is 0. The first-order chi connectivity index (χ1) is 22.2. The van der Waals surface area contributed by atoms with E-state index in [1.54, 1.807) is 16.9 Å². The molecular formula is C36H39BrN8. The van der Waals surface area contributed by atoms with Gasteiger partial charge in [0.25, 0.3) is 0 Å². The molecule has 0 saturated carbocycles. The van der Waals surface area contributed by atoms with Gasteiger partial charge in [0.05, 0.1) is 16.9 Å². The molecule has 4 aromatic heterocycles. The van der Waals surface area contributed by atoms with E-state index >= 15 is 0 Å². The molecule has 6 aromatic rings. The van der Waals surface area contributed by atoms with Crippen molar-refractivity contribution in [2.24, 2.45) is 0 Å². The summed E-state index contributed by atoms with van der Waals surface area (Å²) in [4.78, 5) is 14.0. The number of aromatic nitrogens is 6. The van der Waals surface area contributed by atoms with Gasteiger partial charge in [-0.05, 0) is 90.0 Å². The molecule has 2 saturated heterocycles. The van der Waals surface area contributed by atoms with Gasteiger partial charge in [-0.2, -0.15) is 10.2 Å². The van der Waals surface area contributed by atoms with Crippen molar-refractivity contribution in [3.8, 4) is 22.3 Å². The Balaban J connectivity index is 0.000000145. The molecule has 2 aliphatic rings. The third kappa shape index (κ3) is 7.32. The maximum atomic E-state index is 4.48. The molecule has 0 spiro atoms. The van der Waals surface area contributed by atoms with Crippen LogP contribution in [0.2, 0.25) is 0 Å². The minimum atomic E-state index is 0.843. The van der Waals surface area contributed by atoms with Crippen molar-refractivity contribution < 1.29 is 0 Å². The maximum Gasteiger partial charge on any atom is 0.169 e. The molecule has 0 N–H and O–H groups in total. The molecule has 230 valence electrons. The Hall–Kier alpha value is -3.92. The highest BCUT2D eigenvalue weighted by Gasteiger charge is 2.12. The van der Waals surface area contributed by atoms with E-state index in [9.17, 15) is 0 Å². The van der Waals surface area contributed by atoms with Crippen LogP contribution in [0.4, 0.5) is 0 Å². The van der Waals surface area contributed by atoms with Gasteiger partial charge in [-0.15, -0.1) is 0 Å². The van der Waals surface area contributed by atoms with E-state index in [2.05, 4.69) is 94.4 Å². The van der Waals surface area contributed by atoms with Gasteiger partial charge in [-0.25, -0.2) is 19.0 Å². The second-order valence-electron chi connectivity index (χ2n) is 12.1. The predicted octanol–water partition coefficient (Wildman–Crippen LogP) is 7.53. The minimum absolute atomic E-state index is 0.843. The van der Waals surface area contributed by atoms with Gasteiger partial charge in [-0.1, -0.05) is 61.4 Å². The highest BCUT2D eigenvalue weighted by Crippen LogP contribution is 2.23. The molecule has 2 fully saturated rings. The summed E-state index contributed by atoms with van der Waals surface area (Å²) in [6.07, 6.45) is 19.5. The molecule has 0 amide bonds. The van der Waals surface area contributed by atoms with Crippen LogP contribution in [-0.4, -0.2) is 65.2 Å². The van der Waals surface area contributed by atoms with Crippen LogP contribution < -0.4 is 0 Å². The number of halogens is 1. The van der Waals surface area contributed by atoms with Crippen molar-refractivity contribution >= 4 is 27.2 Å². The topological polar surface area (TPSA) is 66.9 Å². The van der Waals surface area contributed by atoms with Crippen LogP contribution in [0.5, 0.6) is 0 Å². The lowest BCUT2D eigenvalue weighted by Crippen LogP contribution is -2.28. The Morgan fingerprint density at radius 3 is 1.64 bits per heavy atom. The first-order valence-corrected chi connectivity index (χ1v) is 16.9. The molecule has 0 atom stereocenters. The number of likely N-dealkylation sites (tertiary alicyclic amines) is 2. The molecular weight excluding hydrogens is 624 g/mol. The van der Waals surface area contributed by atoms with Gasteiger partial charge in [0.15, 0.2) is 11.3 Å². The fourth-order valence-electron chi connectivity index (χ4n) is 6.31. The minimum Gasteiger partial charge on any atom is -0.299 e. The van der Waals surface area contributed by atoms with Gasteiger partial charge in [0.2, 0.25) is 0 Å². The first kappa shape index (κ1) is 29.8. The number of benzene rings is 2. The van der Waals surface area contributed by atoms with Gasteiger partial charge in [0, 0.05) is 55.1 Å². The lowest BCUT2D eigenvalue weighted by atomic mass is 10.1. The van der Waals surface area contributed by atoms with Crippen LogP contribution in [0.1, 0.15) is 49.7 Å². The van der Waals surface area contributed by atoms with Crippen LogP contribution in [0.15, 0.2) is 96.3 Å². The summed E-state index contributed by atoms with van der Waals surface area (Å²) in [5.74, 6) is 0. The number of fused-ring (bicyclic) bond motifs is 2. The average Bonchev–Trinajstić information content (AvgIpc) is 3.72. The molecule has 45 heavy (non-hydrogen) atoms. The summed E-state index contributed by atoms with van der Waals surface area (Å²) in [6, 6.07) is 19.6. The van der Waals surface area contributed by atoms with Crippen LogP contribution in [0.3, 0.4) is 0 Å². The molecule has 9 heteroatoms. The molecule has 6 heterocycles. The summed E-state index contributed by atoms with van der Waals surface area (Å²) in [5.41, 5.74) is 9.03. The molecule has 8 nitrogen and oxygen atoms in total. The van der Waals surface area contributed by atoms with E-state index in [0.29, 0.717) is 0 Å². The zero-order valence-electron chi connectivity index (χ0n) is 25.6. The average molecular weight is 664 g/mol. The highest BCUT2D eigenvalue weighted by atomic mass is 79.9. The smallest absolute Gasteiger partial charge is 0.169 e. The predicted molar refractivity (Wildman–Crippen MR) is 183 cm³/mol. The zero-order valence-corrected chi connectivity index (χ0v) is 27.2. The second kappa shape index (κ2) is 14.0. The number of rotatable bonds is 6. The summed E-state index contributed by atoms with van der Waals surface area (Å²) in [6.45, 7) is 7.07. The van der Waals surface area contributed by atoms with Crippen LogP contribution in [-0.2, 0) is 13.1 Å². The standard InChI is InChI=1S/C18H19BrN4.C18H20N4/c19-17-11-21-23-13-16(10-20-18(17)23)15-6-4-14(5-7-15)12-22-8-2-1-3-9-22;1-2-10-21(11-3-1)13-15-4-6-16(7-5-15)17-12-19-18-8-9-20-22(18)14-17/h4-7,10-11,13H,1-3,8-9,12H2;4-9,12,14H,1-3,10-11,13H2. The largest absolute Gasteiger partial charge is 0.299 e. The fraction of sp³-hybridized carbons (Fsp3) is 0.333. The van der Waals surface area contributed by atoms with Gasteiger partial charge in [0.1, 0.15) is 0 Å². The SMILES string of the molecule is Brc1cnn2cc(-c3ccc(CN4CCCCC4)cc3)cnc12.c1cc2ncc(-c3ccc(CN4CCCCC4)cc3)cn2n1. The van der Waals surface area contributed by atoms with Crippen molar-refractivity contribution in [3.63, 3.8) is 0 Å². The maximum absolute atomic E-state index is 4.48. The van der Waals surface area contributed by atoms with Crippen molar-refractivity contribution in [3.05, 3.63) is 107 Å². The van der Waals surface area contributed by atoms with E-state index < -0.39 is 0 Å². The Bertz CT molecular complexity index is 1830. The van der Waals surface area contributed by atoms with E-state index in [1.165, 1.54) is 87.0 Å². The monoisotopic (exact) mass is 662 g/mol. The van der Waals surface area contributed by atoms with E-state index in [4.69, 9.17) is 0 Å². The number of hydrogen-bond acceptors (Lipinski definition) is 6. The molecule has 8 rings (SSSR count). The number of piperidine rings is 2. The van der Waals surface area contributed by atoms with Gasteiger partial charge in [-0.3, -0.25) is 9.80 Å². The Morgan fingerprint density at radius 2 is 1.07 bits per heavy atom. The van der Waals surface area contributed by atoms with Crippen LogP contribution in [0.25, 0.3) is 33.5 Å². The molecule has 2 aromatic carbocycles. The Morgan fingerprint density at radius 1 is 0.533 bits per heavy atom. The fourth-order valence-corrected chi connectivity index (χ4v) is 6.69. The van der Waals surface area contributed by atoms with E-state index in [1.807, 2.05) is 35.4 Å². The quantitative estimate of drug-likeness (QED) is 0.184. The Kier molecular flexibility index (Phi) is 9.27. The highest BCUT2D eigenvalue weighted by molar-refractivity contribution is 9.10. The number of nitrogens with zero attached hydrogens (tertiary/aromatic N) is 8. The summed E-state index contributed by atoms with van der Waals surface area (Å²) < 4.78 is 4.54. The summed E-state index contributed by atoms with van der Waals surface area (Å²) in [7, 11) is 0. The van der Waals surface area contributed by atoms with Crippen molar-refractivity contribution in [1.82, 2.24) is 39.0 Å². The lowest BCUT2D eigenvalue weighted by Gasteiger charge is -2.26. The molecule has 0 aliphatic carbocycles. The van der Waals surface area contributed by atoms with E-state index in [-0.39, 0.29) is 0 Å². The normalized spacial score (nSPS) is 16.1. The van der Waals surface area contributed by atoms with Crippen LogP contribution in [0, 0.1) is 0 Å². The first-order valence-electron chi connectivity index (χ1n) is 16.1. The van der Waals surface area contributed by atoms with Crippen molar-refractivity contribution in [1.29, 1.82) is 0 Å². The Labute approximate surface area is 272 Å². The summed E-state index contributed by atoms with van der Waals surface area (Å²) >= 11 is 3.45. The van der Waals surface area contributed by atoms with E-state index in [0.717, 1.165) is 40.0 Å². The van der Waals surface area contributed by atoms with Crippen LogP contribution >= 0.6 is 15.9 Å². The second-order valence-corrected chi connectivity index (χ2v) is 13.0. The zero-order chi connectivity index (χ0) is 30.4. The molecule has 0 radical (unpaired) electrons. The molecule has 0 bridgehead atoms. The van der Waals surface area contributed by atoms with Gasteiger partial charge < -0.3 is 0 Å². The van der Waals surface area contributed by atoms with Gasteiger partial charge >= 0.3 is 0 Å². The third-order valence-electron chi connectivity index (χ3n) is 8.84. The lowest BCUT2D eigenvalue weighted by molar-refractivity contribution is 0.221. The molecule has 0 unspecified atom stereocenters.